The van der Waals surface area contributed by atoms with Gasteiger partial charge in [0.1, 0.15) is 5.75 Å². The first kappa shape index (κ1) is 21.5. The largest absolute Gasteiger partial charge is 0.425 e. The number of fused-ring (bicyclic) bond motifs is 3. The van der Waals surface area contributed by atoms with Crippen molar-refractivity contribution in [1.29, 1.82) is 0 Å². The molecule has 0 saturated carbocycles. The van der Waals surface area contributed by atoms with Gasteiger partial charge in [-0.1, -0.05) is 75.9 Å². The maximum Gasteiger partial charge on any atom is 0.314 e. The average molecular weight is 423 g/mol. The first-order valence-electron chi connectivity index (χ1n) is 11.3. The molecule has 0 saturated heterocycles. The Morgan fingerprint density at radius 1 is 0.968 bits per heavy atom. The van der Waals surface area contributed by atoms with Gasteiger partial charge in [-0.3, -0.25) is 4.79 Å². The number of aryl methyl sites for hydroxylation is 1. The molecule has 1 aliphatic rings. The SMILES string of the molecule is CCCCCC1Cc2ccc3cc(-c4ccc(CCC)cc4)c(F)c(F)c3c2OC1=O. The molecule has 0 N–H and O–H groups in total. The Bertz CT molecular complexity index is 1100. The van der Waals surface area contributed by atoms with Gasteiger partial charge in [-0.25, -0.2) is 8.78 Å². The molecular weight excluding hydrogens is 394 g/mol. The van der Waals surface area contributed by atoms with Gasteiger partial charge in [0.2, 0.25) is 0 Å². The zero-order valence-corrected chi connectivity index (χ0v) is 18.1. The summed E-state index contributed by atoms with van der Waals surface area (Å²) in [4.78, 5) is 12.5. The van der Waals surface area contributed by atoms with E-state index in [4.69, 9.17) is 4.74 Å². The quantitative estimate of drug-likeness (QED) is 0.225. The average Bonchev–Trinajstić information content (AvgIpc) is 2.77. The minimum atomic E-state index is -0.959. The minimum Gasteiger partial charge on any atom is -0.425 e. The summed E-state index contributed by atoms with van der Waals surface area (Å²) < 4.78 is 35.9. The van der Waals surface area contributed by atoms with Gasteiger partial charge in [-0.15, -0.1) is 0 Å². The van der Waals surface area contributed by atoms with Gasteiger partial charge in [0.05, 0.1) is 11.3 Å². The van der Waals surface area contributed by atoms with Crippen LogP contribution in [-0.4, -0.2) is 5.97 Å². The molecule has 0 aliphatic carbocycles. The molecule has 31 heavy (non-hydrogen) atoms. The van der Waals surface area contributed by atoms with Crippen molar-refractivity contribution in [3.8, 4) is 16.9 Å². The summed E-state index contributed by atoms with van der Waals surface area (Å²) in [6.07, 6.45) is 6.35. The Morgan fingerprint density at radius 2 is 1.74 bits per heavy atom. The third-order valence-electron chi connectivity index (χ3n) is 6.18. The number of carbonyl (C=O) groups is 1. The number of hydrogen-bond acceptors (Lipinski definition) is 2. The fourth-order valence-electron chi connectivity index (χ4n) is 4.45. The van der Waals surface area contributed by atoms with Gasteiger partial charge in [-0.2, -0.15) is 0 Å². The van der Waals surface area contributed by atoms with Gasteiger partial charge in [0.25, 0.3) is 0 Å². The van der Waals surface area contributed by atoms with Crippen LogP contribution >= 0.6 is 0 Å². The summed E-state index contributed by atoms with van der Waals surface area (Å²) >= 11 is 0. The fourth-order valence-corrected chi connectivity index (χ4v) is 4.45. The van der Waals surface area contributed by atoms with Gasteiger partial charge in [-0.05, 0) is 47.4 Å². The summed E-state index contributed by atoms with van der Waals surface area (Å²) in [6, 6.07) is 12.9. The molecule has 2 nitrogen and oxygen atoms in total. The Morgan fingerprint density at radius 3 is 2.45 bits per heavy atom. The number of rotatable bonds is 7. The number of halogens is 2. The number of benzene rings is 3. The molecule has 1 atom stereocenters. The Kier molecular flexibility index (Phi) is 6.35. The maximum absolute atomic E-state index is 15.2. The molecule has 4 heteroatoms. The molecule has 3 aromatic carbocycles. The van der Waals surface area contributed by atoms with Crippen molar-refractivity contribution >= 4 is 16.7 Å². The molecule has 0 bridgehead atoms. The van der Waals surface area contributed by atoms with Crippen LogP contribution in [0, 0.1) is 17.6 Å². The highest BCUT2D eigenvalue weighted by atomic mass is 19.2. The lowest BCUT2D eigenvalue weighted by Crippen LogP contribution is -2.28. The first-order valence-corrected chi connectivity index (χ1v) is 11.3. The lowest BCUT2D eigenvalue weighted by atomic mass is 9.89. The summed E-state index contributed by atoms with van der Waals surface area (Å²) in [6.45, 7) is 4.22. The minimum absolute atomic E-state index is 0.0571. The molecule has 0 spiro atoms. The Hall–Kier alpha value is -2.75. The molecule has 1 heterocycles. The second-order valence-corrected chi connectivity index (χ2v) is 8.47. The van der Waals surface area contributed by atoms with Gasteiger partial charge < -0.3 is 4.74 Å². The highest BCUT2D eigenvalue weighted by Crippen LogP contribution is 2.41. The van der Waals surface area contributed by atoms with Crippen LogP contribution in [0.4, 0.5) is 8.78 Å². The van der Waals surface area contributed by atoms with Crippen LogP contribution in [0.15, 0.2) is 42.5 Å². The molecule has 162 valence electrons. The van der Waals surface area contributed by atoms with Crippen molar-refractivity contribution < 1.29 is 18.3 Å². The van der Waals surface area contributed by atoms with Crippen molar-refractivity contribution in [2.24, 2.45) is 5.92 Å². The zero-order chi connectivity index (χ0) is 22.0. The molecule has 1 unspecified atom stereocenters. The van der Waals surface area contributed by atoms with E-state index in [-0.39, 0.29) is 28.6 Å². The number of hydrogen-bond donors (Lipinski definition) is 0. The van der Waals surface area contributed by atoms with Crippen molar-refractivity contribution in [3.63, 3.8) is 0 Å². The summed E-state index contributed by atoms with van der Waals surface area (Å²) in [7, 11) is 0. The Labute approximate surface area is 182 Å². The number of esters is 1. The van der Waals surface area contributed by atoms with Crippen molar-refractivity contribution in [1.82, 2.24) is 0 Å². The highest BCUT2D eigenvalue weighted by Gasteiger charge is 2.31. The van der Waals surface area contributed by atoms with E-state index in [0.29, 0.717) is 17.4 Å². The van der Waals surface area contributed by atoms with Gasteiger partial charge in [0, 0.05) is 5.56 Å². The Balaban J connectivity index is 1.72. The third-order valence-corrected chi connectivity index (χ3v) is 6.18. The highest BCUT2D eigenvalue weighted by molar-refractivity contribution is 5.96. The van der Waals surface area contributed by atoms with Crippen LogP contribution in [-0.2, 0) is 17.6 Å². The zero-order valence-electron chi connectivity index (χ0n) is 18.1. The van der Waals surface area contributed by atoms with Crippen LogP contribution < -0.4 is 4.74 Å². The molecule has 0 aromatic heterocycles. The van der Waals surface area contributed by atoms with E-state index < -0.39 is 11.6 Å². The first-order chi connectivity index (χ1) is 15.0. The predicted molar refractivity (Wildman–Crippen MR) is 120 cm³/mol. The summed E-state index contributed by atoms with van der Waals surface area (Å²) in [5.41, 5.74) is 2.78. The van der Waals surface area contributed by atoms with Crippen LogP contribution in [0.25, 0.3) is 21.9 Å². The van der Waals surface area contributed by atoms with Crippen molar-refractivity contribution in [2.75, 3.05) is 0 Å². The number of carbonyl (C=O) groups excluding carboxylic acids is 1. The number of ether oxygens (including phenoxy) is 1. The maximum atomic E-state index is 15.2. The van der Waals surface area contributed by atoms with Crippen molar-refractivity contribution in [2.45, 2.75) is 58.8 Å². The lowest BCUT2D eigenvalue weighted by Gasteiger charge is -2.25. The third kappa shape index (κ3) is 4.21. The smallest absolute Gasteiger partial charge is 0.314 e. The monoisotopic (exact) mass is 422 g/mol. The molecule has 3 aromatic rings. The van der Waals surface area contributed by atoms with E-state index in [1.54, 1.807) is 12.1 Å². The van der Waals surface area contributed by atoms with E-state index in [2.05, 4.69) is 13.8 Å². The van der Waals surface area contributed by atoms with E-state index in [1.165, 1.54) is 5.56 Å². The number of unbranched alkanes of at least 4 members (excludes halogenated alkanes) is 2. The topological polar surface area (TPSA) is 26.3 Å². The van der Waals surface area contributed by atoms with Gasteiger partial charge in [0.15, 0.2) is 11.6 Å². The van der Waals surface area contributed by atoms with E-state index in [9.17, 15) is 4.79 Å². The van der Waals surface area contributed by atoms with Crippen LogP contribution in [0.3, 0.4) is 0 Å². The van der Waals surface area contributed by atoms with Gasteiger partial charge >= 0.3 is 5.97 Å². The van der Waals surface area contributed by atoms with Crippen LogP contribution in [0.1, 0.15) is 57.1 Å². The molecule has 0 radical (unpaired) electrons. The van der Waals surface area contributed by atoms with Crippen molar-refractivity contribution in [3.05, 3.63) is 65.2 Å². The lowest BCUT2D eigenvalue weighted by molar-refractivity contribution is -0.140. The van der Waals surface area contributed by atoms with E-state index >= 15 is 8.78 Å². The molecule has 0 fully saturated rings. The van der Waals surface area contributed by atoms with Crippen LogP contribution in [0.2, 0.25) is 0 Å². The fraction of sp³-hybridized carbons (Fsp3) is 0.370. The molecule has 0 amide bonds. The molecular formula is C27H28F2O2. The summed E-state index contributed by atoms with van der Waals surface area (Å²) in [5, 5.41) is 0.587. The second kappa shape index (κ2) is 9.17. The van der Waals surface area contributed by atoms with Crippen LogP contribution in [0.5, 0.6) is 5.75 Å². The van der Waals surface area contributed by atoms with E-state index in [1.807, 2.05) is 30.3 Å². The second-order valence-electron chi connectivity index (χ2n) is 8.47. The van der Waals surface area contributed by atoms with E-state index in [0.717, 1.165) is 44.1 Å². The predicted octanol–water partition coefficient (Wildman–Crippen LogP) is 7.40. The molecule has 1 aliphatic heterocycles. The summed E-state index contributed by atoms with van der Waals surface area (Å²) in [5.74, 6) is -2.25. The normalized spacial score (nSPS) is 15.7. The standard InChI is InChI=1S/C27H28F2O2/c1-3-5-6-8-21-15-20-14-13-19-16-22(18-11-9-17(7-4-2)10-12-18)24(28)25(29)23(19)26(20)31-27(21)30/h9-14,16,21H,3-8,15H2,1-2H3. The molecule has 4 rings (SSSR count).